The fourth-order valence-electron chi connectivity index (χ4n) is 4.02. The van der Waals surface area contributed by atoms with E-state index in [4.69, 9.17) is 9.47 Å². The van der Waals surface area contributed by atoms with Crippen LogP contribution in [0, 0.1) is 0 Å². The van der Waals surface area contributed by atoms with Crippen LogP contribution in [0.1, 0.15) is 31.0 Å². The number of ketones is 1. The predicted molar refractivity (Wildman–Crippen MR) is 123 cm³/mol. The molecule has 1 unspecified atom stereocenters. The van der Waals surface area contributed by atoms with Gasteiger partial charge in [-0.1, -0.05) is 38.1 Å². The molecule has 32 heavy (non-hydrogen) atoms. The van der Waals surface area contributed by atoms with Crippen molar-refractivity contribution in [3.8, 4) is 11.5 Å². The molecular weight excluding hydrogens is 408 g/mol. The molecule has 0 spiro atoms. The minimum Gasteiger partial charge on any atom is -0.507 e. The average molecular weight is 439 g/mol. The standard InChI is InChI=1S/C25H30N2O5/c1-5-26(6-2)15-16-27-22(17-11-13-18(31-3)14-12-17)21(24(29)25(27)30)23(28)19-9-7-8-10-20(19)32-4/h7-14,22,28H,5-6,15-16H2,1-4H3/b23-21+. The summed E-state index contributed by atoms with van der Waals surface area (Å²) in [5, 5.41) is 11.2. The zero-order valence-corrected chi connectivity index (χ0v) is 19.0. The molecule has 0 bridgehead atoms. The maximum Gasteiger partial charge on any atom is 0.295 e. The number of amides is 1. The number of likely N-dealkylation sites (N-methyl/N-ethyl adjacent to an activating group) is 1. The number of aliphatic hydroxyl groups excluding tert-OH is 1. The summed E-state index contributed by atoms with van der Waals surface area (Å²) in [7, 11) is 3.07. The van der Waals surface area contributed by atoms with Crippen LogP contribution < -0.4 is 9.47 Å². The third-order valence-electron chi connectivity index (χ3n) is 5.89. The Morgan fingerprint density at radius 1 is 1.00 bits per heavy atom. The van der Waals surface area contributed by atoms with Crippen LogP contribution in [-0.4, -0.2) is 67.0 Å². The van der Waals surface area contributed by atoms with Crippen molar-refractivity contribution in [1.82, 2.24) is 9.80 Å². The number of para-hydroxylation sites is 1. The quantitative estimate of drug-likeness (QED) is 0.367. The van der Waals surface area contributed by atoms with Crippen LogP contribution in [0.3, 0.4) is 0 Å². The number of likely N-dealkylation sites (tertiary alicyclic amines) is 1. The summed E-state index contributed by atoms with van der Waals surface area (Å²) < 4.78 is 10.6. The van der Waals surface area contributed by atoms with E-state index in [-0.39, 0.29) is 11.3 Å². The van der Waals surface area contributed by atoms with Gasteiger partial charge in [-0.15, -0.1) is 0 Å². The zero-order chi connectivity index (χ0) is 23.3. The lowest BCUT2D eigenvalue weighted by atomic mass is 9.95. The Kier molecular flexibility index (Phi) is 7.53. The molecule has 170 valence electrons. The highest BCUT2D eigenvalue weighted by atomic mass is 16.5. The van der Waals surface area contributed by atoms with E-state index in [1.54, 1.807) is 48.4 Å². The van der Waals surface area contributed by atoms with E-state index >= 15 is 0 Å². The summed E-state index contributed by atoms with van der Waals surface area (Å²) in [5.74, 6) is -0.471. The summed E-state index contributed by atoms with van der Waals surface area (Å²) in [4.78, 5) is 29.9. The first kappa shape index (κ1) is 23.3. The van der Waals surface area contributed by atoms with Crippen LogP contribution in [0.25, 0.3) is 5.76 Å². The third-order valence-corrected chi connectivity index (χ3v) is 5.89. The van der Waals surface area contributed by atoms with Gasteiger partial charge in [0.1, 0.15) is 17.3 Å². The van der Waals surface area contributed by atoms with Crippen LogP contribution in [-0.2, 0) is 9.59 Å². The molecular formula is C25H30N2O5. The molecule has 3 rings (SSSR count). The summed E-state index contributed by atoms with van der Waals surface area (Å²) in [6.07, 6.45) is 0. The predicted octanol–water partition coefficient (Wildman–Crippen LogP) is 3.47. The summed E-state index contributed by atoms with van der Waals surface area (Å²) in [5.41, 5.74) is 1.15. The van der Waals surface area contributed by atoms with Crippen LogP contribution in [0.2, 0.25) is 0 Å². The van der Waals surface area contributed by atoms with E-state index in [1.807, 2.05) is 12.1 Å². The smallest absolute Gasteiger partial charge is 0.295 e. The Morgan fingerprint density at radius 2 is 1.66 bits per heavy atom. The van der Waals surface area contributed by atoms with Crippen molar-refractivity contribution in [2.45, 2.75) is 19.9 Å². The largest absolute Gasteiger partial charge is 0.507 e. The number of nitrogens with zero attached hydrogens (tertiary/aromatic N) is 2. The van der Waals surface area contributed by atoms with E-state index in [1.165, 1.54) is 7.11 Å². The fraction of sp³-hybridized carbons (Fsp3) is 0.360. The normalized spacial score (nSPS) is 17.8. The third kappa shape index (κ3) is 4.48. The second-order valence-corrected chi connectivity index (χ2v) is 7.49. The van der Waals surface area contributed by atoms with Gasteiger partial charge in [0, 0.05) is 13.1 Å². The Labute approximate surface area is 188 Å². The lowest BCUT2D eigenvalue weighted by Gasteiger charge is -2.28. The molecule has 1 aliphatic rings. The van der Waals surface area contributed by atoms with E-state index in [2.05, 4.69) is 18.7 Å². The summed E-state index contributed by atoms with van der Waals surface area (Å²) in [6.45, 7) is 6.79. The number of Topliss-reactive ketones (excluding diaryl/α,β-unsaturated/α-hetero) is 1. The zero-order valence-electron chi connectivity index (χ0n) is 19.0. The first-order valence-electron chi connectivity index (χ1n) is 10.7. The van der Waals surface area contributed by atoms with E-state index in [0.29, 0.717) is 30.2 Å². The number of hydrogen-bond donors (Lipinski definition) is 1. The molecule has 0 saturated carbocycles. The van der Waals surface area contributed by atoms with E-state index in [9.17, 15) is 14.7 Å². The van der Waals surface area contributed by atoms with Gasteiger partial charge in [-0.05, 0) is 42.9 Å². The molecule has 1 amide bonds. The van der Waals surface area contributed by atoms with Gasteiger partial charge in [0.15, 0.2) is 0 Å². The summed E-state index contributed by atoms with van der Waals surface area (Å²) in [6, 6.07) is 13.4. The van der Waals surface area contributed by atoms with Crippen LogP contribution in [0.15, 0.2) is 54.1 Å². The van der Waals surface area contributed by atoms with Gasteiger partial charge in [-0.2, -0.15) is 0 Å². The number of methoxy groups -OCH3 is 2. The van der Waals surface area contributed by atoms with Crippen molar-refractivity contribution < 1.29 is 24.2 Å². The van der Waals surface area contributed by atoms with Crippen LogP contribution in [0.5, 0.6) is 11.5 Å². The number of ether oxygens (including phenoxy) is 2. The molecule has 7 nitrogen and oxygen atoms in total. The molecule has 1 heterocycles. The average Bonchev–Trinajstić information content (AvgIpc) is 3.09. The highest BCUT2D eigenvalue weighted by molar-refractivity contribution is 6.46. The second kappa shape index (κ2) is 10.3. The number of hydrogen-bond acceptors (Lipinski definition) is 6. The highest BCUT2D eigenvalue weighted by Gasteiger charge is 2.46. The van der Waals surface area contributed by atoms with Crippen molar-refractivity contribution in [2.75, 3.05) is 40.4 Å². The Bertz CT molecular complexity index is 996. The van der Waals surface area contributed by atoms with Gasteiger partial charge in [0.25, 0.3) is 11.7 Å². The molecule has 7 heteroatoms. The maximum atomic E-state index is 13.1. The molecule has 1 aliphatic heterocycles. The molecule has 1 saturated heterocycles. The first-order valence-corrected chi connectivity index (χ1v) is 10.7. The number of carbonyl (C=O) groups excluding carboxylic acids is 2. The van der Waals surface area contributed by atoms with Crippen molar-refractivity contribution in [1.29, 1.82) is 0 Å². The van der Waals surface area contributed by atoms with Crippen molar-refractivity contribution >= 4 is 17.4 Å². The van der Waals surface area contributed by atoms with Gasteiger partial charge >= 0.3 is 0 Å². The molecule has 0 aromatic heterocycles. The highest BCUT2D eigenvalue weighted by Crippen LogP contribution is 2.41. The Hall–Kier alpha value is -3.32. The number of rotatable bonds is 9. The molecule has 2 aromatic carbocycles. The molecule has 1 fully saturated rings. The van der Waals surface area contributed by atoms with Gasteiger partial charge in [-0.25, -0.2) is 0 Å². The topological polar surface area (TPSA) is 79.3 Å². The van der Waals surface area contributed by atoms with Gasteiger partial charge in [0.2, 0.25) is 0 Å². The summed E-state index contributed by atoms with van der Waals surface area (Å²) >= 11 is 0. The molecule has 1 atom stereocenters. The van der Waals surface area contributed by atoms with Crippen LogP contribution in [0.4, 0.5) is 0 Å². The lowest BCUT2D eigenvalue weighted by molar-refractivity contribution is -0.140. The molecule has 2 aromatic rings. The number of carbonyl (C=O) groups is 2. The van der Waals surface area contributed by atoms with Gasteiger partial charge in [-0.3, -0.25) is 9.59 Å². The molecule has 0 aliphatic carbocycles. The first-order chi connectivity index (χ1) is 15.5. The van der Waals surface area contributed by atoms with Gasteiger partial charge in [0.05, 0.1) is 31.4 Å². The Morgan fingerprint density at radius 3 is 2.25 bits per heavy atom. The van der Waals surface area contributed by atoms with Crippen molar-refractivity contribution in [3.05, 3.63) is 65.2 Å². The monoisotopic (exact) mass is 438 g/mol. The minimum absolute atomic E-state index is 0.0595. The maximum absolute atomic E-state index is 13.1. The van der Waals surface area contributed by atoms with E-state index < -0.39 is 17.7 Å². The Balaban J connectivity index is 2.12. The van der Waals surface area contributed by atoms with Crippen molar-refractivity contribution in [2.24, 2.45) is 0 Å². The second-order valence-electron chi connectivity index (χ2n) is 7.49. The number of aliphatic hydroxyl groups is 1. The fourth-order valence-corrected chi connectivity index (χ4v) is 4.02. The van der Waals surface area contributed by atoms with Crippen molar-refractivity contribution in [3.63, 3.8) is 0 Å². The van der Waals surface area contributed by atoms with Crippen LogP contribution >= 0.6 is 0 Å². The van der Waals surface area contributed by atoms with E-state index in [0.717, 1.165) is 18.7 Å². The lowest BCUT2D eigenvalue weighted by Crippen LogP contribution is -2.38. The minimum atomic E-state index is -0.707. The molecule has 1 N–H and O–H groups in total. The SMILES string of the molecule is CCN(CC)CCN1C(=O)C(=O)/C(=C(/O)c2ccccc2OC)C1c1ccc(OC)cc1. The molecule has 0 radical (unpaired) electrons. The number of benzene rings is 2. The van der Waals surface area contributed by atoms with Gasteiger partial charge < -0.3 is 24.4 Å².